The highest BCUT2D eigenvalue weighted by molar-refractivity contribution is 5.90. The van der Waals surface area contributed by atoms with Crippen molar-refractivity contribution in [2.75, 3.05) is 0 Å². The Balaban J connectivity index is 3.02. The Labute approximate surface area is 108 Å². The van der Waals surface area contributed by atoms with E-state index >= 15 is 0 Å². The molecule has 1 aliphatic carbocycles. The molecule has 0 aromatic rings. The second-order valence-corrected chi connectivity index (χ2v) is 6.67. The van der Waals surface area contributed by atoms with Gasteiger partial charge in [-0.1, -0.05) is 19.9 Å². The Kier molecular flexibility index (Phi) is 3.36. The van der Waals surface area contributed by atoms with Gasteiger partial charge < -0.3 is 9.84 Å². The predicted molar refractivity (Wildman–Crippen MR) is 68.1 cm³/mol. The molecule has 1 saturated carbocycles. The molecule has 4 heteroatoms. The summed E-state index contributed by atoms with van der Waals surface area (Å²) in [6.45, 7) is 10.8. The third-order valence-corrected chi connectivity index (χ3v) is 3.37. The van der Waals surface area contributed by atoms with Crippen LogP contribution in [0.25, 0.3) is 0 Å². The molecule has 1 unspecified atom stereocenters. The Bertz CT molecular complexity index is 412. The number of carboxylic acid groups (broad SMARTS) is 1. The molecule has 4 nitrogen and oxygen atoms in total. The third kappa shape index (κ3) is 2.74. The van der Waals surface area contributed by atoms with Gasteiger partial charge in [-0.2, -0.15) is 0 Å². The van der Waals surface area contributed by atoms with Crippen molar-refractivity contribution in [1.29, 1.82) is 0 Å². The predicted octanol–water partition coefficient (Wildman–Crippen LogP) is 2.78. The molecule has 102 valence electrons. The van der Waals surface area contributed by atoms with E-state index in [1.807, 2.05) is 34.6 Å². The maximum Gasteiger partial charge on any atom is 0.330 e. The fourth-order valence-corrected chi connectivity index (χ4v) is 2.11. The van der Waals surface area contributed by atoms with Gasteiger partial charge in [0.1, 0.15) is 5.60 Å². The van der Waals surface area contributed by atoms with Crippen molar-refractivity contribution in [3.63, 3.8) is 0 Å². The van der Waals surface area contributed by atoms with Crippen LogP contribution in [0.5, 0.6) is 0 Å². The van der Waals surface area contributed by atoms with Gasteiger partial charge in [0.2, 0.25) is 0 Å². The zero-order valence-corrected chi connectivity index (χ0v) is 12.0. The van der Waals surface area contributed by atoms with E-state index in [1.165, 1.54) is 6.92 Å². The maximum absolute atomic E-state index is 12.3. The molecule has 0 heterocycles. The molecule has 1 aliphatic rings. The monoisotopic (exact) mass is 254 g/mol. The number of rotatable bonds is 3. The fraction of sp³-hybridized carbons (Fsp3) is 0.714. The van der Waals surface area contributed by atoms with Gasteiger partial charge in [0.15, 0.2) is 0 Å². The molecular weight excluding hydrogens is 232 g/mol. The summed E-state index contributed by atoms with van der Waals surface area (Å²) in [5, 5.41) is 8.94. The lowest BCUT2D eigenvalue weighted by atomic mass is 9.93. The zero-order valence-electron chi connectivity index (χ0n) is 12.0. The lowest BCUT2D eigenvalue weighted by Crippen LogP contribution is -2.31. The summed E-state index contributed by atoms with van der Waals surface area (Å²) in [4.78, 5) is 23.2. The number of hydrogen-bond donors (Lipinski definition) is 1. The summed E-state index contributed by atoms with van der Waals surface area (Å²) >= 11 is 0. The average molecular weight is 254 g/mol. The number of hydrogen-bond acceptors (Lipinski definition) is 3. The highest BCUT2D eigenvalue weighted by atomic mass is 16.6. The van der Waals surface area contributed by atoms with Gasteiger partial charge in [0, 0.05) is 5.57 Å². The summed E-state index contributed by atoms with van der Waals surface area (Å²) < 4.78 is 5.40. The molecule has 1 N–H and O–H groups in total. The van der Waals surface area contributed by atoms with E-state index in [0.29, 0.717) is 6.42 Å². The van der Waals surface area contributed by atoms with E-state index < -0.39 is 17.0 Å². The van der Waals surface area contributed by atoms with E-state index in [9.17, 15) is 9.59 Å². The lowest BCUT2D eigenvalue weighted by Gasteiger charge is -2.24. The number of esters is 1. The van der Waals surface area contributed by atoms with Gasteiger partial charge >= 0.3 is 11.9 Å². The summed E-state index contributed by atoms with van der Waals surface area (Å²) in [5.74, 6) is -1.33. The van der Waals surface area contributed by atoms with Crippen molar-refractivity contribution in [3.8, 4) is 0 Å². The average Bonchev–Trinajstić information content (AvgIpc) is 2.66. The largest absolute Gasteiger partial charge is 0.478 e. The highest BCUT2D eigenvalue weighted by Crippen LogP contribution is 2.65. The Morgan fingerprint density at radius 1 is 1.28 bits per heavy atom. The van der Waals surface area contributed by atoms with Crippen LogP contribution in [0.15, 0.2) is 11.6 Å². The number of carbonyl (C=O) groups excluding carboxylic acids is 1. The van der Waals surface area contributed by atoms with Crippen LogP contribution in [0.2, 0.25) is 0 Å². The first-order valence-electron chi connectivity index (χ1n) is 6.07. The molecule has 1 rings (SSSR count). The molecule has 1 fully saturated rings. The Hall–Kier alpha value is -1.32. The van der Waals surface area contributed by atoms with Crippen LogP contribution >= 0.6 is 0 Å². The van der Waals surface area contributed by atoms with Gasteiger partial charge in [-0.15, -0.1) is 0 Å². The van der Waals surface area contributed by atoms with Gasteiger partial charge in [0.05, 0.1) is 5.41 Å². The summed E-state index contributed by atoms with van der Waals surface area (Å²) in [6, 6.07) is 0. The van der Waals surface area contributed by atoms with Gasteiger partial charge in [-0.05, 0) is 39.5 Å². The van der Waals surface area contributed by atoms with Gasteiger partial charge in [-0.25, -0.2) is 4.79 Å². The molecule has 0 aromatic carbocycles. The first-order valence-corrected chi connectivity index (χ1v) is 6.07. The smallest absolute Gasteiger partial charge is 0.330 e. The quantitative estimate of drug-likeness (QED) is 0.621. The fourth-order valence-electron chi connectivity index (χ4n) is 2.11. The molecule has 18 heavy (non-hydrogen) atoms. The lowest BCUT2D eigenvalue weighted by molar-refractivity contribution is -0.160. The number of aliphatic carboxylic acids is 1. The first kappa shape index (κ1) is 14.7. The SMILES string of the molecule is CC(=CC1(C(=O)OC(C)(C)C)CC1(C)C)C(=O)O. The van der Waals surface area contributed by atoms with E-state index in [2.05, 4.69) is 0 Å². The minimum atomic E-state index is -0.999. The highest BCUT2D eigenvalue weighted by Gasteiger charge is 2.66. The molecule has 0 bridgehead atoms. The summed E-state index contributed by atoms with van der Waals surface area (Å²) in [6.07, 6.45) is 2.17. The van der Waals surface area contributed by atoms with Gasteiger partial charge in [0.25, 0.3) is 0 Å². The number of carboxylic acids is 1. The van der Waals surface area contributed by atoms with E-state index in [-0.39, 0.29) is 17.0 Å². The van der Waals surface area contributed by atoms with Gasteiger partial charge in [-0.3, -0.25) is 4.79 Å². The summed E-state index contributed by atoms with van der Waals surface area (Å²) in [5.41, 5.74) is -1.41. The molecule has 0 amide bonds. The molecule has 0 aromatic heterocycles. The second kappa shape index (κ2) is 4.11. The molecular formula is C14H22O4. The van der Waals surface area contributed by atoms with E-state index in [0.717, 1.165) is 0 Å². The van der Waals surface area contributed by atoms with Crippen molar-refractivity contribution in [3.05, 3.63) is 11.6 Å². The van der Waals surface area contributed by atoms with Crippen LogP contribution in [-0.2, 0) is 14.3 Å². The minimum Gasteiger partial charge on any atom is -0.478 e. The molecule has 0 aliphatic heterocycles. The molecule has 0 radical (unpaired) electrons. The molecule has 0 saturated heterocycles. The number of carbonyl (C=O) groups is 2. The van der Waals surface area contributed by atoms with Crippen LogP contribution in [0, 0.1) is 10.8 Å². The van der Waals surface area contributed by atoms with Crippen molar-refractivity contribution < 1.29 is 19.4 Å². The van der Waals surface area contributed by atoms with Crippen LogP contribution in [0.3, 0.4) is 0 Å². The van der Waals surface area contributed by atoms with Crippen LogP contribution in [0.4, 0.5) is 0 Å². The van der Waals surface area contributed by atoms with Crippen molar-refractivity contribution in [2.24, 2.45) is 10.8 Å². The minimum absolute atomic E-state index is 0.187. The Morgan fingerprint density at radius 2 is 1.72 bits per heavy atom. The molecule has 1 atom stereocenters. The Morgan fingerprint density at radius 3 is 2.00 bits per heavy atom. The zero-order chi connectivity index (χ0) is 14.4. The van der Waals surface area contributed by atoms with E-state index in [4.69, 9.17) is 9.84 Å². The van der Waals surface area contributed by atoms with E-state index in [1.54, 1.807) is 6.08 Å². The number of ether oxygens (including phenoxy) is 1. The van der Waals surface area contributed by atoms with Crippen molar-refractivity contribution in [1.82, 2.24) is 0 Å². The first-order chi connectivity index (χ1) is 7.91. The molecule has 0 spiro atoms. The normalized spacial score (nSPS) is 26.7. The second-order valence-electron chi connectivity index (χ2n) is 6.67. The van der Waals surface area contributed by atoms with Crippen molar-refractivity contribution >= 4 is 11.9 Å². The van der Waals surface area contributed by atoms with Crippen molar-refractivity contribution in [2.45, 2.75) is 53.6 Å². The standard InChI is InChI=1S/C14H22O4/c1-9(10(15)16)7-14(8-13(14,5)6)11(17)18-12(2,3)4/h7H,8H2,1-6H3,(H,15,16). The van der Waals surface area contributed by atoms with Crippen LogP contribution in [0.1, 0.15) is 48.0 Å². The van der Waals surface area contributed by atoms with Crippen LogP contribution in [-0.4, -0.2) is 22.6 Å². The topological polar surface area (TPSA) is 63.6 Å². The third-order valence-electron chi connectivity index (χ3n) is 3.37. The maximum atomic E-state index is 12.3. The summed E-state index contributed by atoms with van der Waals surface area (Å²) in [7, 11) is 0. The van der Waals surface area contributed by atoms with Crippen LogP contribution < -0.4 is 0 Å².